The first-order chi connectivity index (χ1) is 9.21. The molecule has 1 aliphatic rings. The maximum Gasteiger partial charge on any atom is 0.136 e. The summed E-state index contributed by atoms with van der Waals surface area (Å²) in [5.41, 5.74) is 7.66. The van der Waals surface area contributed by atoms with Gasteiger partial charge >= 0.3 is 0 Å². The van der Waals surface area contributed by atoms with Gasteiger partial charge in [-0.3, -0.25) is 4.90 Å². The predicted octanol–water partition coefficient (Wildman–Crippen LogP) is 1.91. The molecule has 4 heteroatoms. The summed E-state index contributed by atoms with van der Waals surface area (Å²) >= 11 is 0. The Morgan fingerprint density at radius 2 is 2.32 bits per heavy atom. The summed E-state index contributed by atoms with van der Waals surface area (Å²) in [7, 11) is 3.72. The number of hydrogen-bond acceptors (Lipinski definition) is 4. The molecule has 0 amide bonds. The van der Waals surface area contributed by atoms with Gasteiger partial charge in [0.1, 0.15) is 11.8 Å². The summed E-state index contributed by atoms with van der Waals surface area (Å²) < 4.78 is 5.20. The number of likely N-dealkylation sites (tertiary alicyclic amines) is 1. The Morgan fingerprint density at radius 3 is 2.95 bits per heavy atom. The lowest BCUT2D eigenvalue weighted by Crippen LogP contribution is -2.39. The average molecular weight is 259 g/mol. The summed E-state index contributed by atoms with van der Waals surface area (Å²) in [4.78, 5) is 2.34. The molecule has 1 heterocycles. The first-order valence-electron chi connectivity index (χ1n) is 6.69. The highest BCUT2D eigenvalue weighted by atomic mass is 16.5. The monoisotopic (exact) mass is 259 g/mol. The van der Waals surface area contributed by atoms with Gasteiger partial charge < -0.3 is 10.5 Å². The van der Waals surface area contributed by atoms with Gasteiger partial charge in [0.2, 0.25) is 0 Å². The Bertz CT molecular complexity index is 481. The van der Waals surface area contributed by atoms with Crippen molar-refractivity contribution in [1.82, 2.24) is 4.90 Å². The summed E-state index contributed by atoms with van der Waals surface area (Å²) in [6, 6.07) is 8.37. The SMILES string of the molecule is COc1ccc(C2C(CN)CCCN2C)cc1C#N. The van der Waals surface area contributed by atoms with Crippen molar-refractivity contribution in [1.29, 1.82) is 5.26 Å². The van der Waals surface area contributed by atoms with Crippen molar-refractivity contribution < 1.29 is 4.74 Å². The number of nitriles is 1. The first-order valence-corrected chi connectivity index (χ1v) is 6.69. The van der Waals surface area contributed by atoms with Crippen LogP contribution in [0.3, 0.4) is 0 Å². The molecule has 102 valence electrons. The van der Waals surface area contributed by atoms with Crippen LogP contribution in [0.1, 0.15) is 30.0 Å². The smallest absolute Gasteiger partial charge is 0.136 e. The number of piperidine rings is 1. The second kappa shape index (κ2) is 6.05. The van der Waals surface area contributed by atoms with E-state index in [1.165, 1.54) is 6.42 Å². The van der Waals surface area contributed by atoms with E-state index in [-0.39, 0.29) is 0 Å². The Labute approximate surface area is 114 Å². The minimum absolute atomic E-state index is 0.303. The standard InChI is InChI=1S/C15H21N3O/c1-18-7-3-4-12(9-16)15(18)11-5-6-14(19-2)13(8-11)10-17/h5-6,8,12,15H,3-4,7,9,16H2,1-2H3. The van der Waals surface area contributed by atoms with E-state index in [9.17, 15) is 5.26 Å². The third-order valence-electron chi connectivity index (χ3n) is 4.00. The van der Waals surface area contributed by atoms with Gasteiger partial charge in [0.15, 0.2) is 0 Å². The largest absolute Gasteiger partial charge is 0.495 e. The van der Waals surface area contributed by atoms with Gasteiger partial charge in [-0.05, 0) is 56.6 Å². The van der Waals surface area contributed by atoms with Crippen molar-refractivity contribution in [3.63, 3.8) is 0 Å². The zero-order valence-electron chi connectivity index (χ0n) is 11.6. The van der Waals surface area contributed by atoms with Crippen LogP contribution in [0, 0.1) is 17.2 Å². The molecule has 0 radical (unpaired) electrons. The van der Waals surface area contributed by atoms with E-state index in [0.29, 0.717) is 29.8 Å². The lowest BCUT2D eigenvalue weighted by Gasteiger charge is -2.39. The maximum atomic E-state index is 9.19. The zero-order chi connectivity index (χ0) is 13.8. The third kappa shape index (κ3) is 2.73. The van der Waals surface area contributed by atoms with Crippen molar-refractivity contribution in [2.24, 2.45) is 11.7 Å². The van der Waals surface area contributed by atoms with E-state index in [1.807, 2.05) is 12.1 Å². The van der Waals surface area contributed by atoms with E-state index in [0.717, 1.165) is 18.5 Å². The molecule has 2 unspecified atom stereocenters. The maximum absolute atomic E-state index is 9.19. The van der Waals surface area contributed by atoms with Crippen LogP contribution >= 0.6 is 0 Å². The minimum Gasteiger partial charge on any atom is -0.495 e. The van der Waals surface area contributed by atoms with E-state index < -0.39 is 0 Å². The lowest BCUT2D eigenvalue weighted by atomic mass is 9.84. The van der Waals surface area contributed by atoms with E-state index in [1.54, 1.807) is 7.11 Å². The van der Waals surface area contributed by atoms with Gasteiger partial charge in [-0.15, -0.1) is 0 Å². The fourth-order valence-corrected chi connectivity index (χ4v) is 3.03. The molecule has 0 bridgehead atoms. The molecule has 19 heavy (non-hydrogen) atoms. The quantitative estimate of drug-likeness (QED) is 0.900. The van der Waals surface area contributed by atoms with Crippen LogP contribution in [0.15, 0.2) is 18.2 Å². The number of benzene rings is 1. The van der Waals surface area contributed by atoms with Crippen LogP contribution in [-0.4, -0.2) is 32.1 Å². The van der Waals surface area contributed by atoms with E-state index >= 15 is 0 Å². The Hall–Kier alpha value is -1.57. The summed E-state index contributed by atoms with van der Waals surface area (Å²) in [5.74, 6) is 1.09. The number of rotatable bonds is 3. The van der Waals surface area contributed by atoms with Crippen molar-refractivity contribution in [3.8, 4) is 11.8 Å². The van der Waals surface area contributed by atoms with Gasteiger partial charge in [0.05, 0.1) is 12.7 Å². The van der Waals surface area contributed by atoms with Crippen LogP contribution in [0.2, 0.25) is 0 Å². The molecular formula is C15H21N3O. The number of ether oxygens (including phenoxy) is 1. The highest BCUT2D eigenvalue weighted by molar-refractivity contribution is 5.46. The topological polar surface area (TPSA) is 62.3 Å². The van der Waals surface area contributed by atoms with Crippen LogP contribution < -0.4 is 10.5 Å². The summed E-state index contributed by atoms with van der Waals surface area (Å²) in [6.45, 7) is 1.76. The number of hydrogen-bond donors (Lipinski definition) is 1. The third-order valence-corrected chi connectivity index (χ3v) is 4.00. The zero-order valence-corrected chi connectivity index (χ0v) is 11.6. The van der Waals surface area contributed by atoms with Crippen molar-refractivity contribution in [2.75, 3.05) is 27.2 Å². The van der Waals surface area contributed by atoms with E-state index in [4.69, 9.17) is 10.5 Å². The van der Waals surface area contributed by atoms with Gasteiger partial charge in [-0.25, -0.2) is 0 Å². The van der Waals surface area contributed by atoms with Crippen molar-refractivity contribution in [3.05, 3.63) is 29.3 Å². The Morgan fingerprint density at radius 1 is 1.53 bits per heavy atom. The Balaban J connectivity index is 2.36. The van der Waals surface area contributed by atoms with Gasteiger partial charge in [0.25, 0.3) is 0 Å². The molecule has 4 nitrogen and oxygen atoms in total. The molecule has 1 saturated heterocycles. The molecule has 0 aromatic heterocycles. The number of methoxy groups -OCH3 is 1. The lowest BCUT2D eigenvalue weighted by molar-refractivity contribution is 0.125. The predicted molar refractivity (Wildman–Crippen MR) is 74.9 cm³/mol. The minimum atomic E-state index is 0.303. The van der Waals surface area contributed by atoms with Crippen molar-refractivity contribution >= 4 is 0 Å². The molecule has 1 aromatic rings. The van der Waals surface area contributed by atoms with Crippen LogP contribution in [0.5, 0.6) is 5.75 Å². The average Bonchev–Trinajstić information content (AvgIpc) is 2.46. The fourth-order valence-electron chi connectivity index (χ4n) is 3.03. The van der Waals surface area contributed by atoms with Crippen LogP contribution in [-0.2, 0) is 0 Å². The molecule has 1 aliphatic heterocycles. The number of nitrogens with zero attached hydrogens (tertiary/aromatic N) is 2. The fraction of sp³-hybridized carbons (Fsp3) is 0.533. The van der Waals surface area contributed by atoms with E-state index in [2.05, 4.69) is 24.1 Å². The molecular weight excluding hydrogens is 238 g/mol. The normalized spacial score (nSPS) is 23.9. The molecule has 1 aromatic carbocycles. The summed E-state index contributed by atoms with van der Waals surface area (Å²) in [5, 5.41) is 9.19. The number of nitrogens with two attached hydrogens (primary N) is 1. The molecule has 2 rings (SSSR count). The second-order valence-electron chi connectivity index (χ2n) is 5.13. The highest BCUT2D eigenvalue weighted by Crippen LogP contribution is 2.35. The van der Waals surface area contributed by atoms with Gasteiger partial charge in [-0.1, -0.05) is 6.07 Å². The van der Waals surface area contributed by atoms with Gasteiger partial charge in [0, 0.05) is 6.04 Å². The van der Waals surface area contributed by atoms with Crippen molar-refractivity contribution in [2.45, 2.75) is 18.9 Å². The molecule has 0 spiro atoms. The molecule has 2 N–H and O–H groups in total. The highest BCUT2D eigenvalue weighted by Gasteiger charge is 2.29. The van der Waals surface area contributed by atoms with Crippen LogP contribution in [0.25, 0.3) is 0 Å². The summed E-state index contributed by atoms with van der Waals surface area (Å²) in [6.07, 6.45) is 2.34. The molecule has 2 atom stereocenters. The molecule has 0 saturated carbocycles. The van der Waals surface area contributed by atoms with Gasteiger partial charge in [-0.2, -0.15) is 5.26 Å². The molecule has 0 aliphatic carbocycles. The van der Waals surface area contributed by atoms with Crippen LogP contribution in [0.4, 0.5) is 0 Å². The molecule has 1 fully saturated rings. The Kier molecular flexibility index (Phi) is 4.41. The first kappa shape index (κ1) is 13.9. The second-order valence-corrected chi connectivity index (χ2v) is 5.13.